The monoisotopic (exact) mass is 336 g/mol. The van der Waals surface area contributed by atoms with Crippen LogP contribution in [0.25, 0.3) is 11.4 Å². The lowest BCUT2D eigenvalue weighted by molar-refractivity contribution is -0.159. The minimum atomic E-state index is -4.63. The van der Waals surface area contributed by atoms with E-state index < -0.39 is 12.1 Å². The van der Waals surface area contributed by atoms with E-state index in [1.54, 1.807) is 23.9 Å². The first-order chi connectivity index (χ1) is 10.9. The van der Waals surface area contributed by atoms with Crippen molar-refractivity contribution in [3.05, 3.63) is 60.0 Å². The lowest BCUT2D eigenvalue weighted by Crippen LogP contribution is -2.04. The molecule has 3 rings (SSSR count). The van der Waals surface area contributed by atoms with Crippen LogP contribution in [0, 0.1) is 6.92 Å². The van der Waals surface area contributed by atoms with Crippen LogP contribution in [-0.2, 0) is 6.18 Å². The van der Waals surface area contributed by atoms with Gasteiger partial charge in [-0.2, -0.15) is 18.2 Å². The average molecular weight is 336 g/mol. The number of hydrogen-bond acceptors (Lipinski definition) is 4. The van der Waals surface area contributed by atoms with E-state index in [2.05, 4.69) is 14.7 Å². The summed E-state index contributed by atoms with van der Waals surface area (Å²) in [6.45, 7) is 2.02. The highest BCUT2D eigenvalue weighted by molar-refractivity contribution is 7.99. The van der Waals surface area contributed by atoms with Crippen molar-refractivity contribution < 1.29 is 17.7 Å². The molecule has 23 heavy (non-hydrogen) atoms. The second-order valence-electron chi connectivity index (χ2n) is 4.81. The fourth-order valence-electron chi connectivity index (χ4n) is 1.93. The maximum atomic E-state index is 12.5. The molecule has 7 heteroatoms. The molecule has 0 atom stereocenters. The van der Waals surface area contributed by atoms with Gasteiger partial charge in [-0.15, -0.1) is 0 Å². The van der Waals surface area contributed by atoms with Gasteiger partial charge in [-0.1, -0.05) is 35.1 Å². The van der Waals surface area contributed by atoms with Crippen molar-refractivity contribution in [2.45, 2.75) is 22.9 Å². The van der Waals surface area contributed by atoms with Gasteiger partial charge in [0, 0.05) is 15.4 Å². The standard InChI is InChI=1S/C16H11F3N2OS/c1-10-4-2-3-5-13(10)23-12-8-6-11(7-9-12)14-20-15(22-21-14)16(17,18)19/h2-9H,1H3. The molecule has 0 unspecified atom stereocenters. The molecular formula is C16H11F3N2OS. The fraction of sp³-hybridized carbons (Fsp3) is 0.125. The van der Waals surface area contributed by atoms with Crippen LogP contribution in [0.3, 0.4) is 0 Å². The van der Waals surface area contributed by atoms with E-state index in [0.717, 1.165) is 15.4 Å². The highest BCUT2D eigenvalue weighted by atomic mass is 32.2. The molecule has 2 aromatic carbocycles. The highest BCUT2D eigenvalue weighted by Crippen LogP contribution is 2.32. The second kappa shape index (κ2) is 6.08. The van der Waals surface area contributed by atoms with Crippen molar-refractivity contribution in [1.29, 1.82) is 0 Å². The Balaban J connectivity index is 1.80. The Morgan fingerprint density at radius 2 is 1.70 bits per heavy atom. The van der Waals surface area contributed by atoms with Crippen LogP contribution in [0.4, 0.5) is 13.2 Å². The third-order valence-electron chi connectivity index (χ3n) is 3.10. The molecule has 3 aromatic rings. The Morgan fingerprint density at radius 1 is 1.00 bits per heavy atom. The summed E-state index contributed by atoms with van der Waals surface area (Å²) in [5, 5.41) is 3.37. The number of alkyl halides is 3. The molecule has 0 radical (unpaired) electrons. The summed E-state index contributed by atoms with van der Waals surface area (Å²) in [5.74, 6) is -1.42. The molecule has 0 aliphatic rings. The lowest BCUT2D eigenvalue weighted by atomic mass is 10.2. The number of hydrogen-bond donors (Lipinski definition) is 0. The Hall–Kier alpha value is -2.28. The minimum Gasteiger partial charge on any atom is -0.329 e. The summed E-state index contributed by atoms with van der Waals surface area (Å²) in [4.78, 5) is 5.47. The van der Waals surface area contributed by atoms with E-state index in [9.17, 15) is 13.2 Å². The molecule has 0 aliphatic carbocycles. The molecular weight excluding hydrogens is 325 g/mol. The van der Waals surface area contributed by atoms with Crippen molar-refractivity contribution >= 4 is 11.8 Å². The van der Waals surface area contributed by atoms with Gasteiger partial charge in [0.05, 0.1) is 0 Å². The summed E-state index contributed by atoms with van der Waals surface area (Å²) in [6, 6.07) is 14.9. The van der Waals surface area contributed by atoms with Crippen LogP contribution in [0.5, 0.6) is 0 Å². The predicted octanol–water partition coefficient (Wildman–Crippen LogP) is 5.22. The molecule has 0 fully saturated rings. The normalized spacial score (nSPS) is 11.7. The van der Waals surface area contributed by atoms with Gasteiger partial charge in [0.2, 0.25) is 5.82 Å². The quantitative estimate of drug-likeness (QED) is 0.658. The molecule has 0 amide bonds. The van der Waals surface area contributed by atoms with Gasteiger partial charge in [0.1, 0.15) is 0 Å². The van der Waals surface area contributed by atoms with E-state index in [1.807, 2.05) is 43.3 Å². The van der Waals surface area contributed by atoms with Crippen molar-refractivity contribution in [2.24, 2.45) is 0 Å². The predicted molar refractivity (Wildman–Crippen MR) is 80.0 cm³/mol. The second-order valence-corrected chi connectivity index (χ2v) is 5.93. The summed E-state index contributed by atoms with van der Waals surface area (Å²) in [6.07, 6.45) is -4.63. The Kier molecular flexibility index (Phi) is 4.12. The molecule has 0 saturated carbocycles. The number of benzene rings is 2. The zero-order chi connectivity index (χ0) is 16.4. The fourth-order valence-corrected chi connectivity index (χ4v) is 2.83. The van der Waals surface area contributed by atoms with Crippen molar-refractivity contribution in [2.75, 3.05) is 0 Å². The lowest BCUT2D eigenvalue weighted by Gasteiger charge is -2.05. The molecule has 0 N–H and O–H groups in total. The summed E-state index contributed by atoms with van der Waals surface area (Å²) in [7, 11) is 0. The Morgan fingerprint density at radius 3 is 2.30 bits per heavy atom. The van der Waals surface area contributed by atoms with Gasteiger partial charge < -0.3 is 4.52 Å². The number of nitrogens with zero attached hydrogens (tertiary/aromatic N) is 2. The van der Waals surface area contributed by atoms with Crippen LogP contribution >= 0.6 is 11.8 Å². The molecule has 118 valence electrons. The molecule has 3 nitrogen and oxygen atoms in total. The van der Waals surface area contributed by atoms with Crippen molar-refractivity contribution in [1.82, 2.24) is 10.1 Å². The summed E-state index contributed by atoms with van der Waals surface area (Å²) in [5.41, 5.74) is 1.63. The van der Waals surface area contributed by atoms with Crippen LogP contribution in [0.1, 0.15) is 11.5 Å². The Bertz CT molecular complexity index is 813. The number of rotatable bonds is 3. The van der Waals surface area contributed by atoms with Gasteiger partial charge in [0.15, 0.2) is 0 Å². The zero-order valence-corrected chi connectivity index (χ0v) is 12.8. The first-order valence-electron chi connectivity index (χ1n) is 6.68. The van der Waals surface area contributed by atoms with Gasteiger partial charge in [-0.25, -0.2) is 0 Å². The molecule has 1 aromatic heterocycles. The maximum Gasteiger partial charge on any atom is 0.471 e. The third-order valence-corrected chi connectivity index (χ3v) is 4.29. The van der Waals surface area contributed by atoms with Gasteiger partial charge in [0.25, 0.3) is 0 Å². The first kappa shape index (κ1) is 15.6. The largest absolute Gasteiger partial charge is 0.471 e. The van der Waals surface area contributed by atoms with E-state index >= 15 is 0 Å². The van der Waals surface area contributed by atoms with Gasteiger partial charge in [-0.3, -0.25) is 0 Å². The molecule has 1 heterocycles. The zero-order valence-electron chi connectivity index (χ0n) is 12.0. The Labute approximate surface area is 134 Å². The number of aryl methyl sites for hydroxylation is 1. The van der Waals surface area contributed by atoms with Crippen LogP contribution < -0.4 is 0 Å². The van der Waals surface area contributed by atoms with E-state index in [4.69, 9.17) is 0 Å². The van der Waals surface area contributed by atoms with E-state index in [-0.39, 0.29) is 5.82 Å². The summed E-state index contributed by atoms with van der Waals surface area (Å²) < 4.78 is 41.6. The van der Waals surface area contributed by atoms with Gasteiger partial charge >= 0.3 is 12.1 Å². The molecule has 0 bridgehead atoms. The van der Waals surface area contributed by atoms with Crippen LogP contribution in [0.2, 0.25) is 0 Å². The first-order valence-corrected chi connectivity index (χ1v) is 7.50. The number of halogens is 3. The smallest absolute Gasteiger partial charge is 0.329 e. The molecule has 0 aliphatic heterocycles. The SMILES string of the molecule is Cc1ccccc1Sc1ccc(-c2noc(C(F)(F)F)n2)cc1. The van der Waals surface area contributed by atoms with Crippen LogP contribution in [0.15, 0.2) is 62.8 Å². The van der Waals surface area contributed by atoms with Crippen LogP contribution in [-0.4, -0.2) is 10.1 Å². The maximum absolute atomic E-state index is 12.5. The van der Waals surface area contributed by atoms with Gasteiger partial charge in [-0.05, 0) is 42.8 Å². The van der Waals surface area contributed by atoms with E-state index in [1.165, 1.54) is 0 Å². The highest BCUT2D eigenvalue weighted by Gasteiger charge is 2.38. The number of aromatic nitrogens is 2. The van der Waals surface area contributed by atoms with E-state index in [0.29, 0.717) is 5.56 Å². The third kappa shape index (κ3) is 3.56. The molecule has 0 spiro atoms. The van der Waals surface area contributed by atoms with Crippen molar-refractivity contribution in [3.8, 4) is 11.4 Å². The van der Waals surface area contributed by atoms with Crippen molar-refractivity contribution in [3.63, 3.8) is 0 Å². The summed E-state index contributed by atoms with van der Waals surface area (Å²) >= 11 is 1.58. The molecule has 0 saturated heterocycles. The minimum absolute atomic E-state index is 0.0789. The topological polar surface area (TPSA) is 38.9 Å². The average Bonchev–Trinajstić information content (AvgIpc) is 3.00.